The number of hydrogen-bond donors (Lipinski definition) is 1. The van der Waals surface area contributed by atoms with Crippen molar-refractivity contribution in [3.05, 3.63) is 29.6 Å². The minimum Gasteiger partial charge on any atom is -0.497 e. The monoisotopic (exact) mass is 199 g/mol. The van der Waals surface area contributed by atoms with Crippen LogP contribution in [0.2, 0.25) is 0 Å². The van der Waals surface area contributed by atoms with Gasteiger partial charge in [0.05, 0.1) is 13.2 Å². The van der Waals surface area contributed by atoms with Gasteiger partial charge < -0.3 is 15.2 Å². The van der Waals surface area contributed by atoms with Gasteiger partial charge in [-0.2, -0.15) is 0 Å². The molecule has 1 aromatic carbocycles. The minimum atomic E-state index is -0.402. The van der Waals surface area contributed by atoms with Crippen molar-refractivity contribution in [1.29, 1.82) is 0 Å². The molecule has 1 aromatic rings. The van der Waals surface area contributed by atoms with Crippen LogP contribution in [0.5, 0.6) is 5.75 Å². The second kappa shape index (κ2) is 4.93. The fourth-order valence-corrected chi connectivity index (χ4v) is 1.25. The van der Waals surface area contributed by atoms with Gasteiger partial charge in [-0.1, -0.05) is 0 Å². The van der Waals surface area contributed by atoms with Crippen LogP contribution in [0, 0.1) is 5.82 Å². The number of ether oxygens (including phenoxy) is 2. The Morgan fingerprint density at radius 2 is 2.14 bits per heavy atom. The van der Waals surface area contributed by atoms with E-state index in [0.29, 0.717) is 11.3 Å². The molecule has 0 amide bonds. The van der Waals surface area contributed by atoms with Crippen molar-refractivity contribution in [2.45, 2.75) is 6.10 Å². The first-order chi connectivity index (χ1) is 6.72. The van der Waals surface area contributed by atoms with Gasteiger partial charge in [0, 0.05) is 25.3 Å². The number of methoxy groups -OCH3 is 2. The zero-order valence-corrected chi connectivity index (χ0v) is 8.29. The van der Waals surface area contributed by atoms with E-state index >= 15 is 0 Å². The summed E-state index contributed by atoms with van der Waals surface area (Å²) in [5, 5.41) is 0. The molecule has 2 N–H and O–H groups in total. The Morgan fingerprint density at radius 3 is 2.57 bits per heavy atom. The van der Waals surface area contributed by atoms with Gasteiger partial charge in [-0.05, 0) is 12.1 Å². The molecule has 0 bridgehead atoms. The van der Waals surface area contributed by atoms with E-state index in [2.05, 4.69) is 0 Å². The predicted molar refractivity (Wildman–Crippen MR) is 51.8 cm³/mol. The maximum absolute atomic E-state index is 13.4. The predicted octanol–water partition coefficient (Wildman–Crippen LogP) is 1.48. The van der Waals surface area contributed by atoms with E-state index in [4.69, 9.17) is 15.2 Å². The van der Waals surface area contributed by atoms with Crippen molar-refractivity contribution in [1.82, 2.24) is 0 Å². The van der Waals surface area contributed by atoms with Crippen molar-refractivity contribution in [3.63, 3.8) is 0 Å². The van der Waals surface area contributed by atoms with Gasteiger partial charge in [0.25, 0.3) is 0 Å². The molecule has 0 radical (unpaired) electrons. The molecule has 1 rings (SSSR count). The van der Waals surface area contributed by atoms with Crippen LogP contribution in [0.1, 0.15) is 11.7 Å². The smallest absolute Gasteiger partial charge is 0.132 e. The van der Waals surface area contributed by atoms with E-state index in [1.54, 1.807) is 12.1 Å². The lowest BCUT2D eigenvalue weighted by Crippen LogP contribution is -2.15. The normalized spacial score (nSPS) is 12.6. The van der Waals surface area contributed by atoms with Gasteiger partial charge in [-0.25, -0.2) is 4.39 Å². The molecule has 0 heterocycles. The van der Waals surface area contributed by atoms with E-state index in [1.165, 1.54) is 20.3 Å². The lowest BCUT2D eigenvalue weighted by molar-refractivity contribution is 0.107. The SMILES string of the molecule is COc1ccc(C(CN)OC)c(F)c1. The summed E-state index contributed by atoms with van der Waals surface area (Å²) in [6, 6.07) is 4.62. The quantitative estimate of drug-likeness (QED) is 0.798. The summed E-state index contributed by atoms with van der Waals surface area (Å²) in [6.45, 7) is 0.250. The number of halogens is 1. The Bertz CT molecular complexity index is 300. The first-order valence-electron chi connectivity index (χ1n) is 4.29. The van der Waals surface area contributed by atoms with Crippen LogP contribution in [0.3, 0.4) is 0 Å². The molecule has 78 valence electrons. The Labute approximate surface area is 82.6 Å². The van der Waals surface area contributed by atoms with Gasteiger partial charge in [-0.15, -0.1) is 0 Å². The zero-order valence-electron chi connectivity index (χ0n) is 8.29. The fraction of sp³-hybridized carbons (Fsp3) is 0.400. The molecular weight excluding hydrogens is 185 g/mol. The van der Waals surface area contributed by atoms with Crippen LogP contribution in [0.25, 0.3) is 0 Å². The van der Waals surface area contributed by atoms with Crippen LogP contribution in [-0.2, 0) is 4.74 Å². The van der Waals surface area contributed by atoms with Gasteiger partial charge in [0.15, 0.2) is 0 Å². The van der Waals surface area contributed by atoms with Crippen LogP contribution in [-0.4, -0.2) is 20.8 Å². The first-order valence-corrected chi connectivity index (χ1v) is 4.29. The van der Waals surface area contributed by atoms with Gasteiger partial charge in [0.2, 0.25) is 0 Å². The molecule has 0 saturated heterocycles. The van der Waals surface area contributed by atoms with Crippen LogP contribution in [0.4, 0.5) is 4.39 Å². The average Bonchev–Trinajstić information content (AvgIpc) is 2.22. The van der Waals surface area contributed by atoms with E-state index in [9.17, 15) is 4.39 Å². The molecule has 0 spiro atoms. The van der Waals surface area contributed by atoms with Crippen molar-refractivity contribution >= 4 is 0 Å². The third-order valence-corrected chi connectivity index (χ3v) is 2.05. The molecule has 0 aliphatic rings. The molecule has 4 heteroatoms. The number of rotatable bonds is 4. The van der Waals surface area contributed by atoms with Crippen molar-refractivity contribution in [3.8, 4) is 5.75 Å². The standard InChI is InChI=1S/C10H14FNO2/c1-13-7-3-4-8(9(11)5-7)10(6-12)14-2/h3-5,10H,6,12H2,1-2H3. The van der Waals surface area contributed by atoms with Crippen molar-refractivity contribution < 1.29 is 13.9 Å². The molecule has 0 aromatic heterocycles. The molecule has 0 saturated carbocycles. The van der Waals surface area contributed by atoms with Crippen molar-refractivity contribution in [2.75, 3.05) is 20.8 Å². The van der Waals surface area contributed by atoms with E-state index < -0.39 is 6.10 Å². The third kappa shape index (κ3) is 2.21. The van der Waals surface area contributed by atoms with Gasteiger partial charge >= 0.3 is 0 Å². The molecule has 0 aliphatic carbocycles. The highest BCUT2D eigenvalue weighted by atomic mass is 19.1. The number of hydrogen-bond acceptors (Lipinski definition) is 3. The lowest BCUT2D eigenvalue weighted by Gasteiger charge is -2.14. The Morgan fingerprint density at radius 1 is 1.43 bits per heavy atom. The van der Waals surface area contributed by atoms with Crippen molar-refractivity contribution in [2.24, 2.45) is 5.73 Å². The van der Waals surface area contributed by atoms with Gasteiger partial charge in [0.1, 0.15) is 11.6 Å². The van der Waals surface area contributed by atoms with Crippen LogP contribution >= 0.6 is 0 Å². The molecular formula is C10H14FNO2. The Hall–Kier alpha value is -1.13. The number of benzene rings is 1. The van der Waals surface area contributed by atoms with Crippen LogP contribution < -0.4 is 10.5 Å². The lowest BCUT2D eigenvalue weighted by atomic mass is 10.1. The average molecular weight is 199 g/mol. The fourth-order valence-electron chi connectivity index (χ4n) is 1.25. The Kier molecular flexibility index (Phi) is 3.85. The molecule has 1 atom stereocenters. The highest BCUT2D eigenvalue weighted by Crippen LogP contribution is 2.22. The largest absolute Gasteiger partial charge is 0.497 e. The summed E-state index contributed by atoms with van der Waals surface area (Å²) < 4.78 is 23.4. The topological polar surface area (TPSA) is 44.5 Å². The molecule has 1 unspecified atom stereocenters. The second-order valence-electron chi connectivity index (χ2n) is 2.85. The van der Waals surface area contributed by atoms with Gasteiger partial charge in [-0.3, -0.25) is 0 Å². The first kappa shape index (κ1) is 10.9. The molecule has 0 aliphatic heterocycles. The summed E-state index contributed by atoms with van der Waals surface area (Å²) >= 11 is 0. The third-order valence-electron chi connectivity index (χ3n) is 2.05. The highest BCUT2D eigenvalue weighted by Gasteiger charge is 2.13. The summed E-state index contributed by atoms with van der Waals surface area (Å²) in [4.78, 5) is 0. The van der Waals surface area contributed by atoms with E-state index in [-0.39, 0.29) is 12.4 Å². The maximum atomic E-state index is 13.4. The molecule has 14 heavy (non-hydrogen) atoms. The van der Waals surface area contributed by atoms with E-state index in [0.717, 1.165) is 0 Å². The summed E-state index contributed by atoms with van der Waals surface area (Å²) in [6.07, 6.45) is -0.402. The second-order valence-corrected chi connectivity index (χ2v) is 2.85. The zero-order chi connectivity index (χ0) is 10.6. The molecule has 0 fully saturated rings. The maximum Gasteiger partial charge on any atom is 0.132 e. The summed E-state index contributed by atoms with van der Waals surface area (Å²) in [7, 11) is 2.99. The Balaban J connectivity index is 2.98. The molecule has 3 nitrogen and oxygen atoms in total. The van der Waals surface area contributed by atoms with E-state index in [1.807, 2.05) is 0 Å². The minimum absolute atomic E-state index is 0.250. The summed E-state index contributed by atoms with van der Waals surface area (Å²) in [5.41, 5.74) is 5.89. The van der Waals surface area contributed by atoms with Crippen LogP contribution in [0.15, 0.2) is 18.2 Å². The summed E-state index contributed by atoms with van der Waals surface area (Å²) in [5.74, 6) is 0.125. The number of nitrogens with two attached hydrogens (primary N) is 1. The highest BCUT2D eigenvalue weighted by molar-refractivity contribution is 5.30.